The lowest BCUT2D eigenvalue weighted by Gasteiger charge is -2.21. The van der Waals surface area contributed by atoms with Gasteiger partial charge in [0.2, 0.25) is 5.89 Å². The molecule has 112 valence electrons. The van der Waals surface area contributed by atoms with Crippen molar-refractivity contribution in [2.45, 2.75) is 19.9 Å². The predicted molar refractivity (Wildman–Crippen MR) is 86.7 cm³/mol. The first kappa shape index (κ1) is 14.8. The van der Waals surface area contributed by atoms with Crippen molar-refractivity contribution in [3.63, 3.8) is 0 Å². The lowest BCUT2D eigenvalue weighted by molar-refractivity contribution is 0.252. The highest BCUT2D eigenvalue weighted by Crippen LogP contribution is 2.30. The van der Waals surface area contributed by atoms with Crippen molar-refractivity contribution in [3.8, 4) is 11.3 Å². The Kier molecular flexibility index (Phi) is 4.15. The maximum absolute atomic E-state index is 5.88. The van der Waals surface area contributed by atoms with E-state index >= 15 is 0 Å². The van der Waals surface area contributed by atoms with Crippen LogP contribution in [0.25, 0.3) is 11.3 Å². The lowest BCUT2D eigenvalue weighted by atomic mass is 9.90. The van der Waals surface area contributed by atoms with Crippen molar-refractivity contribution in [1.29, 1.82) is 0 Å². The Bertz CT molecular complexity index is 627. The molecule has 0 amide bonds. The molecule has 4 nitrogen and oxygen atoms in total. The van der Waals surface area contributed by atoms with Crippen LogP contribution in [0.4, 0.5) is 0 Å². The molecule has 1 aliphatic heterocycles. The number of aromatic nitrogens is 1. The molecule has 2 heterocycles. The SMILES string of the molecule is CC1(CN)CCN(Cc2ncc(-c3cccc(Br)c3)o2)C1. The fourth-order valence-corrected chi connectivity index (χ4v) is 3.18. The van der Waals surface area contributed by atoms with Gasteiger partial charge in [0.1, 0.15) is 0 Å². The molecule has 2 N–H and O–H groups in total. The zero-order chi connectivity index (χ0) is 14.9. The Balaban J connectivity index is 1.69. The van der Waals surface area contributed by atoms with Crippen LogP contribution in [0.5, 0.6) is 0 Å². The molecule has 1 saturated heterocycles. The molecule has 1 atom stereocenters. The third-order valence-electron chi connectivity index (χ3n) is 4.15. The molecule has 0 aliphatic carbocycles. The maximum Gasteiger partial charge on any atom is 0.209 e. The second-order valence-electron chi connectivity index (χ2n) is 6.10. The Labute approximate surface area is 133 Å². The van der Waals surface area contributed by atoms with Gasteiger partial charge >= 0.3 is 0 Å². The number of halogens is 1. The zero-order valence-electron chi connectivity index (χ0n) is 12.2. The van der Waals surface area contributed by atoms with Gasteiger partial charge < -0.3 is 10.2 Å². The fourth-order valence-electron chi connectivity index (χ4n) is 2.78. The number of likely N-dealkylation sites (tertiary alicyclic amines) is 1. The van der Waals surface area contributed by atoms with Gasteiger partial charge in [-0.05, 0) is 37.1 Å². The summed E-state index contributed by atoms with van der Waals surface area (Å²) in [4.78, 5) is 6.77. The highest BCUT2D eigenvalue weighted by Gasteiger charge is 2.32. The van der Waals surface area contributed by atoms with Crippen LogP contribution < -0.4 is 5.73 Å². The van der Waals surface area contributed by atoms with Crippen LogP contribution >= 0.6 is 15.9 Å². The standard InChI is InChI=1S/C16H20BrN3O/c1-16(10-18)5-6-20(11-16)9-15-19-8-14(21-15)12-3-2-4-13(17)7-12/h2-4,7-8H,5-6,9-11,18H2,1H3. The minimum Gasteiger partial charge on any atom is -0.439 e. The molecule has 1 unspecified atom stereocenters. The van der Waals surface area contributed by atoms with Gasteiger partial charge in [0.25, 0.3) is 0 Å². The quantitative estimate of drug-likeness (QED) is 0.920. The van der Waals surface area contributed by atoms with E-state index in [1.807, 2.05) is 24.3 Å². The van der Waals surface area contributed by atoms with Crippen molar-refractivity contribution in [2.24, 2.45) is 11.1 Å². The molecule has 5 heteroatoms. The molecule has 21 heavy (non-hydrogen) atoms. The van der Waals surface area contributed by atoms with Crippen LogP contribution in [0.1, 0.15) is 19.2 Å². The van der Waals surface area contributed by atoms with E-state index in [2.05, 4.69) is 32.7 Å². The highest BCUT2D eigenvalue weighted by molar-refractivity contribution is 9.10. The summed E-state index contributed by atoms with van der Waals surface area (Å²) in [6.07, 6.45) is 2.94. The van der Waals surface area contributed by atoms with Crippen LogP contribution in [0.3, 0.4) is 0 Å². The molecule has 0 radical (unpaired) electrons. The average molecular weight is 350 g/mol. The topological polar surface area (TPSA) is 55.3 Å². The number of hydrogen-bond donors (Lipinski definition) is 1. The minimum atomic E-state index is 0.236. The number of benzene rings is 1. The summed E-state index contributed by atoms with van der Waals surface area (Å²) in [7, 11) is 0. The van der Waals surface area contributed by atoms with Gasteiger partial charge in [-0.2, -0.15) is 0 Å². The Morgan fingerprint density at radius 1 is 1.48 bits per heavy atom. The molecular weight excluding hydrogens is 330 g/mol. The molecule has 1 aliphatic rings. The smallest absolute Gasteiger partial charge is 0.209 e. The molecule has 3 rings (SSSR count). The van der Waals surface area contributed by atoms with Crippen molar-refractivity contribution in [2.75, 3.05) is 19.6 Å². The normalized spacial score (nSPS) is 22.8. The second kappa shape index (κ2) is 5.91. The molecule has 1 fully saturated rings. The first-order chi connectivity index (χ1) is 10.1. The number of nitrogens with two attached hydrogens (primary N) is 1. The van der Waals surface area contributed by atoms with E-state index in [-0.39, 0.29) is 5.41 Å². The first-order valence-corrected chi connectivity index (χ1v) is 8.00. The van der Waals surface area contributed by atoms with Crippen LogP contribution in [-0.4, -0.2) is 29.5 Å². The summed E-state index contributed by atoms with van der Waals surface area (Å²) in [5, 5.41) is 0. The summed E-state index contributed by atoms with van der Waals surface area (Å²) >= 11 is 3.48. The maximum atomic E-state index is 5.88. The van der Waals surface area contributed by atoms with Crippen LogP contribution in [0.15, 0.2) is 39.4 Å². The molecule has 2 aromatic rings. The zero-order valence-corrected chi connectivity index (χ0v) is 13.8. The van der Waals surface area contributed by atoms with Crippen molar-refractivity contribution in [3.05, 3.63) is 40.8 Å². The van der Waals surface area contributed by atoms with Gasteiger partial charge in [-0.1, -0.05) is 35.0 Å². The van der Waals surface area contributed by atoms with Gasteiger partial charge in [-0.25, -0.2) is 4.98 Å². The van der Waals surface area contributed by atoms with Crippen LogP contribution in [-0.2, 0) is 6.54 Å². The molecule has 0 saturated carbocycles. The van der Waals surface area contributed by atoms with Gasteiger partial charge in [0.15, 0.2) is 5.76 Å². The number of hydrogen-bond acceptors (Lipinski definition) is 4. The summed E-state index contributed by atoms with van der Waals surface area (Å²) in [5.41, 5.74) is 7.12. The van der Waals surface area contributed by atoms with Crippen LogP contribution in [0.2, 0.25) is 0 Å². The van der Waals surface area contributed by atoms with E-state index in [4.69, 9.17) is 10.2 Å². The fraction of sp³-hybridized carbons (Fsp3) is 0.438. The summed E-state index contributed by atoms with van der Waals surface area (Å²) in [6.45, 7) is 5.80. The van der Waals surface area contributed by atoms with Crippen molar-refractivity contribution >= 4 is 15.9 Å². The third kappa shape index (κ3) is 3.36. The Morgan fingerprint density at radius 2 is 2.33 bits per heavy atom. The predicted octanol–water partition coefficient (Wildman–Crippen LogP) is 3.27. The largest absolute Gasteiger partial charge is 0.439 e. The summed E-state index contributed by atoms with van der Waals surface area (Å²) in [6, 6.07) is 8.05. The number of oxazole rings is 1. The van der Waals surface area contributed by atoms with Crippen molar-refractivity contribution < 1.29 is 4.42 Å². The highest BCUT2D eigenvalue weighted by atomic mass is 79.9. The molecule has 1 aromatic carbocycles. The molecular formula is C16H20BrN3O. The minimum absolute atomic E-state index is 0.236. The van der Waals surface area contributed by atoms with Gasteiger partial charge in [0.05, 0.1) is 12.7 Å². The van der Waals surface area contributed by atoms with Gasteiger partial charge in [-0.3, -0.25) is 4.90 Å². The molecule has 0 spiro atoms. The van der Waals surface area contributed by atoms with E-state index in [9.17, 15) is 0 Å². The number of rotatable bonds is 4. The Hall–Kier alpha value is -1.17. The third-order valence-corrected chi connectivity index (χ3v) is 4.64. The van der Waals surface area contributed by atoms with E-state index in [0.717, 1.165) is 54.3 Å². The van der Waals surface area contributed by atoms with Crippen LogP contribution in [0, 0.1) is 5.41 Å². The first-order valence-electron chi connectivity index (χ1n) is 7.21. The summed E-state index contributed by atoms with van der Waals surface area (Å²) < 4.78 is 6.92. The van der Waals surface area contributed by atoms with E-state index in [1.54, 1.807) is 6.20 Å². The second-order valence-corrected chi connectivity index (χ2v) is 7.02. The average Bonchev–Trinajstić information content (AvgIpc) is 3.07. The van der Waals surface area contributed by atoms with Gasteiger partial charge in [0, 0.05) is 16.6 Å². The van der Waals surface area contributed by atoms with E-state index < -0.39 is 0 Å². The van der Waals surface area contributed by atoms with Crippen molar-refractivity contribution in [1.82, 2.24) is 9.88 Å². The molecule has 0 bridgehead atoms. The molecule has 1 aromatic heterocycles. The summed E-state index contributed by atoms with van der Waals surface area (Å²) in [5.74, 6) is 1.58. The van der Waals surface area contributed by atoms with E-state index in [1.165, 1.54) is 0 Å². The lowest BCUT2D eigenvalue weighted by Crippen LogP contribution is -2.31. The monoisotopic (exact) mass is 349 g/mol. The number of nitrogens with zero attached hydrogens (tertiary/aromatic N) is 2. The Morgan fingerprint density at radius 3 is 3.05 bits per heavy atom. The van der Waals surface area contributed by atoms with Gasteiger partial charge in [-0.15, -0.1) is 0 Å². The van der Waals surface area contributed by atoms with E-state index in [0.29, 0.717) is 0 Å².